The van der Waals surface area contributed by atoms with Gasteiger partial charge in [-0.05, 0) is 82.7 Å². The van der Waals surface area contributed by atoms with Crippen molar-refractivity contribution in [3.8, 4) is 0 Å². The van der Waals surface area contributed by atoms with Gasteiger partial charge < -0.3 is 25.2 Å². The summed E-state index contributed by atoms with van der Waals surface area (Å²) in [6.45, 7) is 7.38. The highest BCUT2D eigenvalue weighted by atomic mass is 16.6. The molecule has 41 heavy (non-hydrogen) atoms. The summed E-state index contributed by atoms with van der Waals surface area (Å²) in [5, 5.41) is 8.44. The third kappa shape index (κ3) is 10.9. The fourth-order valence-corrected chi connectivity index (χ4v) is 3.72. The van der Waals surface area contributed by atoms with E-state index in [0.29, 0.717) is 44.0 Å². The van der Waals surface area contributed by atoms with E-state index in [1.54, 1.807) is 80.7 Å². The molecule has 11 heteroatoms. The zero-order valence-corrected chi connectivity index (χ0v) is 24.3. The van der Waals surface area contributed by atoms with Crippen LogP contribution in [0.3, 0.4) is 0 Å². The van der Waals surface area contributed by atoms with Crippen LogP contribution in [0.1, 0.15) is 42.4 Å². The normalized spacial score (nSPS) is 11.1. The second kappa shape index (κ2) is 14.8. The number of carbonyl (C=O) groups is 3. The zero-order chi connectivity index (χ0) is 29.8. The molecule has 0 unspecified atom stereocenters. The fourth-order valence-electron chi connectivity index (χ4n) is 3.72. The summed E-state index contributed by atoms with van der Waals surface area (Å²) in [4.78, 5) is 50.2. The number of anilines is 2. The maximum atomic E-state index is 13.0. The Labute approximate surface area is 241 Å². The summed E-state index contributed by atoms with van der Waals surface area (Å²) in [5.74, 6) is -0.437. The van der Waals surface area contributed by atoms with Crippen LogP contribution in [0.4, 0.5) is 21.0 Å². The Hall–Kier alpha value is -4.51. The molecule has 4 amide bonds. The van der Waals surface area contributed by atoms with Gasteiger partial charge in [-0.25, -0.2) is 9.59 Å². The molecule has 3 rings (SSSR count). The van der Waals surface area contributed by atoms with E-state index in [1.807, 2.05) is 31.1 Å². The molecule has 2 heterocycles. The molecule has 0 aliphatic heterocycles. The number of nitrogens with zero attached hydrogens (tertiary/aromatic N) is 4. The molecule has 11 nitrogen and oxygen atoms in total. The van der Waals surface area contributed by atoms with Gasteiger partial charge in [0.15, 0.2) is 0 Å². The number of rotatable bonds is 11. The van der Waals surface area contributed by atoms with Crippen molar-refractivity contribution >= 4 is 29.4 Å². The predicted molar refractivity (Wildman–Crippen MR) is 159 cm³/mol. The molecule has 0 bridgehead atoms. The number of ether oxygens (including phenoxy) is 1. The molecule has 3 N–H and O–H groups in total. The molecule has 1 aromatic carbocycles. The molecular weight excluding hydrogens is 522 g/mol. The first-order valence-corrected chi connectivity index (χ1v) is 13.4. The van der Waals surface area contributed by atoms with Crippen LogP contribution in [0.5, 0.6) is 0 Å². The average molecular weight is 562 g/mol. The van der Waals surface area contributed by atoms with Crippen molar-refractivity contribution in [3.05, 3.63) is 83.9 Å². The fraction of sp³-hybridized carbons (Fsp3) is 0.367. The van der Waals surface area contributed by atoms with E-state index in [0.717, 1.165) is 11.1 Å². The van der Waals surface area contributed by atoms with Crippen LogP contribution >= 0.6 is 0 Å². The van der Waals surface area contributed by atoms with Crippen LogP contribution in [0.15, 0.2) is 67.1 Å². The summed E-state index contributed by atoms with van der Waals surface area (Å²) in [6.07, 6.45) is 5.14. The molecule has 218 valence electrons. The van der Waals surface area contributed by atoms with Crippen LogP contribution in [-0.4, -0.2) is 77.1 Å². The molecule has 3 aromatic rings. The Morgan fingerprint density at radius 2 is 1.56 bits per heavy atom. The number of benzene rings is 1. The van der Waals surface area contributed by atoms with Crippen molar-refractivity contribution in [3.63, 3.8) is 0 Å². The van der Waals surface area contributed by atoms with Gasteiger partial charge in [0.1, 0.15) is 11.3 Å². The highest BCUT2D eigenvalue weighted by molar-refractivity contribution is 6.05. The first-order valence-electron chi connectivity index (χ1n) is 13.4. The molecule has 0 saturated heterocycles. The van der Waals surface area contributed by atoms with Gasteiger partial charge in [-0.3, -0.25) is 20.1 Å². The van der Waals surface area contributed by atoms with E-state index in [2.05, 4.69) is 25.9 Å². The van der Waals surface area contributed by atoms with Gasteiger partial charge in [-0.1, -0.05) is 18.2 Å². The Morgan fingerprint density at radius 3 is 2.17 bits per heavy atom. The molecule has 0 aliphatic rings. The quantitative estimate of drug-likeness (QED) is 0.317. The molecule has 0 radical (unpaired) electrons. The Balaban J connectivity index is 1.61. The van der Waals surface area contributed by atoms with Crippen molar-refractivity contribution in [2.75, 3.05) is 44.4 Å². The van der Waals surface area contributed by atoms with E-state index in [9.17, 15) is 14.4 Å². The average Bonchev–Trinajstić information content (AvgIpc) is 2.91. The molecule has 0 atom stereocenters. The summed E-state index contributed by atoms with van der Waals surface area (Å²) in [7, 11) is 3.91. The van der Waals surface area contributed by atoms with Crippen molar-refractivity contribution in [1.29, 1.82) is 0 Å². The number of nitrogens with one attached hydrogen (secondary N) is 3. The maximum absolute atomic E-state index is 13.0. The summed E-state index contributed by atoms with van der Waals surface area (Å²) >= 11 is 0. The highest BCUT2D eigenvalue weighted by Gasteiger charge is 2.19. The van der Waals surface area contributed by atoms with Gasteiger partial charge in [0.05, 0.1) is 11.4 Å². The summed E-state index contributed by atoms with van der Waals surface area (Å²) in [5.41, 5.74) is 2.24. The first kappa shape index (κ1) is 31.0. The lowest BCUT2D eigenvalue weighted by Gasteiger charge is -2.25. The van der Waals surface area contributed by atoms with Crippen molar-refractivity contribution < 1.29 is 19.1 Å². The zero-order valence-electron chi connectivity index (χ0n) is 24.3. The molecular formula is C30H39N7O4. The van der Waals surface area contributed by atoms with Crippen molar-refractivity contribution in [1.82, 2.24) is 25.1 Å². The van der Waals surface area contributed by atoms with E-state index < -0.39 is 17.6 Å². The van der Waals surface area contributed by atoms with Gasteiger partial charge in [-0.2, -0.15) is 0 Å². The van der Waals surface area contributed by atoms with Gasteiger partial charge in [0.2, 0.25) is 0 Å². The summed E-state index contributed by atoms with van der Waals surface area (Å²) < 4.78 is 5.31. The van der Waals surface area contributed by atoms with Crippen molar-refractivity contribution in [2.45, 2.75) is 39.3 Å². The lowest BCUT2D eigenvalue weighted by molar-refractivity contribution is 0.0635. The number of urea groups is 1. The second-order valence-electron chi connectivity index (χ2n) is 10.7. The molecule has 0 saturated carbocycles. The number of hydrogen-bond acceptors (Lipinski definition) is 7. The van der Waals surface area contributed by atoms with Gasteiger partial charge in [0, 0.05) is 44.8 Å². The lowest BCUT2D eigenvalue weighted by atomic mass is 10.2. The largest absolute Gasteiger partial charge is 0.444 e. The number of amides is 4. The second-order valence-corrected chi connectivity index (χ2v) is 10.7. The highest BCUT2D eigenvalue weighted by Crippen LogP contribution is 2.22. The minimum Gasteiger partial charge on any atom is -0.444 e. The summed E-state index contributed by atoms with van der Waals surface area (Å²) in [6, 6.07) is 13.9. The van der Waals surface area contributed by atoms with Crippen molar-refractivity contribution in [2.24, 2.45) is 0 Å². The molecule has 0 aliphatic carbocycles. The standard InChI is InChI=1S/C30H39N7O4/c1-30(2,3)41-29(40)35-25-9-7-6-8-24(25)34-27(38)26-11-10-23(20-33-26)21-37(19-18-36(4)5)28(39)32-17-14-22-12-15-31-16-13-22/h6-13,15-16,20H,14,17-19,21H2,1-5H3,(H,32,39)(H,34,38)(H,35,40). The Kier molecular flexibility index (Phi) is 11.2. The minimum atomic E-state index is -0.656. The molecule has 0 spiro atoms. The van der Waals surface area contributed by atoms with Crippen LogP contribution in [0.2, 0.25) is 0 Å². The number of hydrogen-bond donors (Lipinski definition) is 3. The predicted octanol–water partition coefficient (Wildman–Crippen LogP) is 4.39. The number of pyridine rings is 2. The number of para-hydroxylation sites is 2. The van der Waals surface area contributed by atoms with E-state index in [1.165, 1.54) is 0 Å². The minimum absolute atomic E-state index is 0.170. The smallest absolute Gasteiger partial charge is 0.412 e. The lowest BCUT2D eigenvalue weighted by Crippen LogP contribution is -2.43. The maximum Gasteiger partial charge on any atom is 0.412 e. The van der Waals surface area contributed by atoms with E-state index in [-0.39, 0.29) is 11.7 Å². The van der Waals surface area contributed by atoms with E-state index >= 15 is 0 Å². The van der Waals surface area contributed by atoms with Gasteiger partial charge >= 0.3 is 12.1 Å². The van der Waals surface area contributed by atoms with Crippen LogP contribution in [0, 0.1) is 0 Å². The van der Waals surface area contributed by atoms with Crippen LogP contribution in [-0.2, 0) is 17.7 Å². The number of likely N-dealkylation sites (N-methyl/N-ethyl adjacent to an activating group) is 1. The Bertz CT molecular complexity index is 1290. The Morgan fingerprint density at radius 1 is 0.878 bits per heavy atom. The third-order valence-corrected chi connectivity index (χ3v) is 5.79. The van der Waals surface area contributed by atoms with E-state index in [4.69, 9.17) is 4.74 Å². The molecule has 2 aromatic heterocycles. The van der Waals surface area contributed by atoms with Gasteiger partial charge in [-0.15, -0.1) is 0 Å². The number of aromatic nitrogens is 2. The number of carbonyl (C=O) groups excluding carboxylic acids is 3. The first-order chi connectivity index (χ1) is 19.5. The van der Waals surface area contributed by atoms with Gasteiger partial charge in [0.25, 0.3) is 5.91 Å². The SMILES string of the molecule is CN(C)CCN(Cc1ccc(C(=O)Nc2ccccc2NC(=O)OC(C)(C)C)nc1)C(=O)NCCc1ccncc1. The van der Waals surface area contributed by atoms with Crippen LogP contribution < -0.4 is 16.0 Å². The monoisotopic (exact) mass is 561 g/mol. The molecule has 0 fully saturated rings. The van der Waals surface area contributed by atoms with Crippen LogP contribution in [0.25, 0.3) is 0 Å². The third-order valence-electron chi connectivity index (χ3n) is 5.79. The topological polar surface area (TPSA) is 129 Å².